The molecule has 0 saturated heterocycles. The predicted molar refractivity (Wildman–Crippen MR) is 67.5 cm³/mol. The molecule has 0 aromatic rings. The fourth-order valence-corrected chi connectivity index (χ4v) is 2.90. The molecule has 0 heterocycles. The second-order valence-corrected chi connectivity index (χ2v) is 6.23. The molecular formula is C15H20O2. The number of carbonyl (C=O) groups excluding carboxylic acids is 2. The zero-order chi connectivity index (χ0) is 12.8. The molecule has 17 heavy (non-hydrogen) atoms. The number of ketones is 2. The summed E-state index contributed by atoms with van der Waals surface area (Å²) in [5.41, 5.74) is 0.466. The lowest BCUT2D eigenvalue weighted by Gasteiger charge is -2.37. The number of carbonyl (C=O) groups is 2. The molecule has 2 nitrogen and oxygen atoms in total. The zero-order valence-corrected chi connectivity index (χ0v) is 11.0. The van der Waals surface area contributed by atoms with Crippen LogP contribution in [0.2, 0.25) is 0 Å². The monoisotopic (exact) mass is 232 g/mol. The summed E-state index contributed by atoms with van der Waals surface area (Å²) in [7, 11) is 0. The van der Waals surface area contributed by atoms with Gasteiger partial charge in [-0.15, -0.1) is 0 Å². The molecule has 3 atom stereocenters. The van der Waals surface area contributed by atoms with Gasteiger partial charge in [-0.1, -0.05) is 39.8 Å². The van der Waals surface area contributed by atoms with Crippen molar-refractivity contribution < 1.29 is 9.59 Å². The third-order valence-electron chi connectivity index (χ3n) is 3.85. The van der Waals surface area contributed by atoms with E-state index >= 15 is 0 Å². The number of hydrogen-bond donors (Lipinski definition) is 0. The fourth-order valence-electron chi connectivity index (χ4n) is 2.90. The van der Waals surface area contributed by atoms with Crippen LogP contribution in [0.25, 0.3) is 0 Å². The minimum absolute atomic E-state index is 0.123. The van der Waals surface area contributed by atoms with E-state index < -0.39 is 0 Å². The Morgan fingerprint density at radius 2 is 1.88 bits per heavy atom. The predicted octanol–water partition coefficient (Wildman–Crippen LogP) is 2.94. The molecule has 2 rings (SSSR count). The number of allylic oxidation sites excluding steroid dienone is 4. The highest BCUT2D eigenvalue weighted by Gasteiger charge is 2.43. The van der Waals surface area contributed by atoms with Gasteiger partial charge in [-0.25, -0.2) is 0 Å². The van der Waals surface area contributed by atoms with Crippen molar-refractivity contribution in [2.75, 3.05) is 0 Å². The normalized spacial score (nSPS) is 33.4. The highest BCUT2D eigenvalue weighted by Crippen LogP contribution is 2.41. The van der Waals surface area contributed by atoms with Crippen LogP contribution in [0, 0.1) is 23.2 Å². The first-order valence-electron chi connectivity index (χ1n) is 6.29. The average molecular weight is 232 g/mol. The average Bonchev–Trinajstić information content (AvgIpc) is 2.21. The smallest absolute Gasteiger partial charge is 0.163 e. The molecule has 2 aliphatic carbocycles. The van der Waals surface area contributed by atoms with Crippen LogP contribution in [0.1, 0.15) is 34.1 Å². The van der Waals surface area contributed by atoms with Crippen molar-refractivity contribution in [1.82, 2.24) is 0 Å². The van der Waals surface area contributed by atoms with Gasteiger partial charge in [0.1, 0.15) is 0 Å². The molecule has 0 fully saturated rings. The summed E-state index contributed by atoms with van der Waals surface area (Å²) >= 11 is 0. The molecule has 3 unspecified atom stereocenters. The Labute approximate surface area is 103 Å². The maximum Gasteiger partial charge on any atom is 0.163 e. The third-order valence-corrected chi connectivity index (χ3v) is 3.85. The first kappa shape index (κ1) is 12.3. The van der Waals surface area contributed by atoms with Crippen molar-refractivity contribution in [2.45, 2.75) is 34.1 Å². The Balaban J connectivity index is 2.43. The van der Waals surface area contributed by atoms with E-state index in [1.54, 1.807) is 6.08 Å². The Morgan fingerprint density at radius 1 is 1.24 bits per heavy atom. The van der Waals surface area contributed by atoms with E-state index in [-0.39, 0.29) is 34.7 Å². The van der Waals surface area contributed by atoms with Gasteiger partial charge in [-0.3, -0.25) is 9.59 Å². The van der Waals surface area contributed by atoms with Crippen molar-refractivity contribution >= 4 is 11.6 Å². The quantitative estimate of drug-likeness (QED) is 0.602. The summed E-state index contributed by atoms with van der Waals surface area (Å²) in [5.74, 6) is 0.248. The van der Waals surface area contributed by atoms with Crippen molar-refractivity contribution in [3.8, 4) is 0 Å². The van der Waals surface area contributed by atoms with Gasteiger partial charge in [0.05, 0.1) is 0 Å². The molecule has 0 radical (unpaired) electrons. The van der Waals surface area contributed by atoms with E-state index in [4.69, 9.17) is 0 Å². The maximum atomic E-state index is 12.4. The van der Waals surface area contributed by atoms with Gasteiger partial charge in [0.25, 0.3) is 0 Å². The van der Waals surface area contributed by atoms with Crippen LogP contribution in [-0.2, 0) is 9.59 Å². The third kappa shape index (κ3) is 2.01. The van der Waals surface area contributed by atoms with Crippen LogP contribution in [0.4, 0.5) is 0 Å². The summed E-state index contributed by atoms with van der Waals surface area (Å²) < 4.78 is 0. The van der Waals surface area contributed by atoms with Gasteiger partial charge >= 0.3 is 0 Å². The van der Waals surface area contributed by atoms with E-state index in [1.807, 2.05) is 33.8 Å². The lowest BCUT2D eigenvalue weighted by molar-refractivity contribution is -0.132. The minimum Gasteiger partial charge on any atom is -0.294 e. The van der Waals surface area contributed by atoms with Gasteiger partial charge < -0.3 is 0 Å². The molecule has 0 bridgehead atoms. The summed E-state index contributed by atoms with van der Waals surface area (Å²) in [5, 5.41) is 0. The lowest BCUT2D eigenvalue weighted by atomic mass is 9.64. The summed E-state index contributed by atoms with van der Waals surface area (Å²) in [4.78, 5) is 24.6. The van der Waals surface area contributed by atoms with Gasteiger partial charge in [-0.05, 0) is 23.8 Å². The molecule has 0 spiro atoms. The standard InChI is InChI=1S/C15H20O2/c1-9-6-5-7-10-13(9)12(16)8-11(14(10)17)15(2,3)4/h5-6,8-10,13H,7H2,1-4H3. The van der Waals surface area contributed by atoms with E-state index in [1.165, 1.54) is 0 Å². The number of Topliss-reactive ketones (excluding diaryl/α,β-unsaturated/α-hetero) is 1. The van der Waals surface area contributed by atoms with Gasteiger partial charge in [0.15, 0.2) is 11.6 Å². The van der Waals surface area contributed by atoms with Crippen molar-refractivity contribution in [3.63, 3.8) is 0 Å². The second kappa shape index (κ2) is 3.94. The van der Waals surface area contributed by atoms with Crippen LogP contribution in [0.5, 0.6) is 0 Å². The summed E-state index contributed by atoms with van der Waals surface area (Å²) in [6.07, 6.45) is 6.41. The molecule has 0 aromatic carbocycles. The van der Waals surface area contributed by atoms with E-state index in [0.717, 1.165) is 0 Å². The fraction of sp³-hybridized carbons (Fsp3) is 0.600. The number of rotatable bonds is 0. The van der Waals surface area contributed by atoms with Crippen LogP contribution in [0.3, 0.4) is 0 Å². The number of hydrogen-bond acceptors (Lipinski definition) is 2. The highest BCUT2D eigenvalue weighted by molar-refractivity contribution is 6.11. The first-order chi connectivity index (χ1) is 7.82. The van der Waals surface area contributed by atoms with Crippen LogP contribution >= 0.6 is 0 Å². The molecule has 2 aliphatic rings. The second-order valence-electron chi connectivity index (χ2n) is 6.23. The van der Waals surface area contributed by atoms with E-state index in [2.05, 4.69) is 6.08 Å². The largest absolute Gasteiger partial charge is 0.294 e. The molecule has 0 aromatic heterocycles. The first-order valence-corrected chi connectivity index (χ1v) is 6.29. The van der Waals surface area contributed by atoms with Crippen LogP contribution in [0.15, 0.2) is 23.8 Å². The van der Waals surface area contributed by atoms with Crippen molar-refractivity contribution in [2.24, 2.45) is 23.2 Å². The summed E-state index contributed by atoms with van der Waals surface area (Å²) in [6.45, 7) is 8.00. The molecule has 0 aliphatic heterocycles. The summed E-state index contributed by atoms with van der Waals surface area (Å²) in [6, 6.07) is 0. The minimum atomic E-state index is -0.234. The topological polar surface area (TPSA) is 34.1 Å². The molecule has 0 amide bonds. The highest BCUT2D eigenvalue weighted by atomic mass is 16.1. The zero-order valence-electron chi connectivity index (χ0n) is 11.0. The maximum absolute atomic E-state index is 12.4. The van der Waals surface area contributed by atoms with Crippen molar-refractivity contribution in [3.05, 3.63) is 23.8 Å². The Morgan fingerprint density at radius 3 is 2.47 bits per heavy atom. The molecule has 2 heteroatoms. The van der Waals surface area contributed by atoms with Crippen molar-refractivity contribution in [1.29, 1.82) is 0 Å². The van der Waals surface area contributed by atoms with Gasteiger partial charge in [-0.2, -0.15) is 0 Å². The van der Waals surface area contributed by atoms with Crippen LogP contribution in [-0.4, -0.2) is 11.6 Å². The van der Waals surface area contributed by atoms with E-state index in [9.17, 15) is 9.59 Å². The molecular weight excluding hydrogens is 212 g/mol. The molecule has 0 N–H and O–H groups in total. The SMILES string of the molecule is CC1C=CCC2C(=O)C(C(C)(C)C)=CC(=O)C12. The molecule has 0 saturated carbocycles. The van der Waals surface area contributed by atoms with Gasteiger partial charge in [0.2, 0.25) is 0 Å². The van der Waals surface area contributed by atoms with Crippen LogP contribution < -0.4 is 0 Å². The Bertz CT molecular complexity index is 421. The number of fused-ring (bicyclic) bond motifs is 1. The van der Waals surface area contributed by atoms with E-state index in [0.29, 0.717) is 12.0 Å². The lowest BCUT2D eigenvalue weighted by Crippen LogP contribution is -2.41. The Kier molecular flexibility index (Phi) is 2.84. The Hall–Kier alpha value is -1.18. The van der Waals surface area contributed by atoms with Gasteiger partial charge in [0, 0.05) is 17.4 Å². The molecule has 92 valence electrons.